The summed E-state index contributed by atoms with van der Waals surface area (Å²) in [5.74, 6) is -0.381. The minimum Gasteiger partial charge on any atom is -0.504 e. The van der Waals surface area contributed by atoms with Gasteiger partial charge in [-0.1, -0.05) is 28.9 Å². The third-order valence-corrected chi connectivity index (χ3v) is 5.13. The average molecular weight is 498 g/mol. The normalized spacial score (nSPS) is 12.5. The highest BCUT2D eigenvalue weighted by Crippen LogP contribution is 2.35. The SMILES string of the molecule is COc1ccc([C@H](OC(=O)Nc2ccc(Br)cc2)[C@@H](C)CCOC(=O)CS)cc1O. The van der Waals surface area contributed by atoms with Gasteiger partial charge in [-0.05, 0) is 48.4 Å². The second-order valence-electron chi connectivity index (χ2n) is 6.53. The fourth-order valence-corrected chi connectivity index (χ4v) is 3.10. The van der Waals surface area contributed by atoms with Crippen LogP contribution in [0, 0.1) is 5.92 Å². The van der Waals surface area contributed by atoms with E-state index in [1.807, 2.05) is 6.92 Å². The second-order valence-corrected chi connectivity index (χ2v) is 7.77. The number of benzene rings is 2. The predicted octanol–water partition coefficient (Wildman–Crippen LogP) is 4.95. The van der Waals surface area contributed by atoms with Crippen LogP contribution in [-0.2, 0) is 14.3 Å². The maximum atomic E-state index is 12.5. The molecule has 0 heterocycles. The standard InChI is InChI=1S/C21H24BrNO6S/c1-13(9-10-28-19(25)12-30)20(14-3-8-18(27-2)17(24)11-14)29-21(26)23-16-6-4-15(22)5-7-16/h3-8,11,13,20,24,30H,9-10,12H2,1-2H3,(H,23,26)/t13-,20+/m0/s1. The van der Waals surface area contributed by atoms with Crippen molar-refractivity contribution in [2.75, 3.05) is 24.8 Å². The third-order valence-electron chi connectivity index (χ3n) is 4.34. The molecule has 2 aromatic carbocycles. The summed E-state index contributed by atoms with van der Waals surface area (Å²) in [6.45, 7) is 2.03. The monoisotopic (exact) mass is 497 g/mol. The van der Waals surface area contributed by atoms with Gasteiger partial charge in [0.2, 0.25) is 0 Å². The van der Waals surface area contributed by atoms with Crippen molar-refractivity contribution in [3.8, 4) is 11.5 Å². The molecule has 0 fully saturated rings. The van der Waals surface area contributed by atoms with Crippen molar-refractivity contribution < 1.29 is 28.9 Å². The average Bonchev–Trinajstić information content (AvgIpc) is 2.73. The van der Waals surface area contributed by atoms with Crippen molar-refractivity contribution in [2.24, 2.45) is 5.92 Å². The summed E-state index contributed by atoms with van der Waals surface area (Å²) in [5.41, 5.74) is 1.17. The van der Waals surface area contributed by atoms with Crippen LogP contribution in [0.1, 0.15) is 25.0 Å². The zero-order valence-electron chi connectivity index (χ0n) is 16.6. The summed E-state index contributed by atoms with van der Waals surface area (Å²) in [6.07, 6.45) is -0.883. The van der Waals surface area contributed by atoms with Crippen LogP contribution in [0.15, 0.2) is 46.9 Å². The van der Waals surface area contributed by atoms with Gasteiger partial charge in [-0.25, -0.2) is 4.79 Å². The molecular formula is C21H24BrNO6S. The first-order valence-electron chi connectivity index (χ1n) is 9.20. The van der Waals surface area contributed by atoms with Crippen LogP contribution < -0.4 is 10.1 Å². The number of aromatic hydroxyl groups is 1. The Hall–Kier alpha value is -2.39. The number of phenolic OH excluding ortho intramolecular Hbond substituents is 1. The van der Waals surface area contributed by atoms with Gasteiger partial charge in [0.25, 0.3) is 0 Å². The smallest absolute Gasteiger partial charge is 0.412 e. The van der Waals surface area contributed by atoms with Gasteiger partial charge in [0, 0.05) is 16.1 Å². The van der Waals surface area contributed by atoms with E-state index in [-0.39, 0.29) is 24.0 Å². The highest BCUT2D eigenvalue weighted by Gasteiger charge is 2.25. The van der Waals surface area contributed by atoms with Crippen LogP contribution in [0.25, 0.3) is 0 Å². The quantitative estimate of drug-likeness (QED) is 0.335. The Morgan fingerprint density at radius 3 is 2.50 bits per heavy atom. The summed E-state index contributed by atoms with van der Waals surface area (Å²) in [4.78, 5) is 23.8. The number of thiol groups is 1. The summed E-state index contributed by atoms with van der Waals surface area (Å²) in [7, 11) is 1.45. The Bertz CT molecular complexity index is 861. The van der Waals surface area contributed by atoms with E-state index in [4.69, 9.17) is 14.2 Å². The molecular weight excluding hydrogens is 474 g/mol. The molecule has 2 atom stereocenters. The lowest BCUT2D eigenvalue weighted by Gasteiger charge is -2.25. The third kappa shape index (κ3) is 7.14. The number of methoxy groups -OCH3 is 1. The van der Waals surface area contributed by atoms with E-state index in [0.717, 1.165) is 4.47 Å². The van der Waals surface area contributed by atoms with Crippen LogP contribution in [0.3, 0.4) is 0 Å². The largest absolute Gasteiger partial charge is 0.504 e. The Morgan fingerprint density at radius 1 is 1.20 bits per heavy atom. The highest BCUT2D eigenvalue weighted by molar-refractivity contribution is 9.10. The van der Waals surface area contributed by atoms with Gasteiger partial charge >= 0.3 is 12.1 Å². The number of carbonyl (C=O) groups excluding carboxylic acids is 2. The number of rotatable bonds is 9. The number of halogens is 1. The van der Waals surface area contributed by atoms with E-state index in [2.05, 4.69) is 33.9 Å². The second kappa shape index (κ2) is 11.7. The molecule has 0 aliphatic heterocycles. The van der Waals surface area contributed by atoms with Gasteiger partial charge in [-0.3, -0.25) is 10.1 Å². The van der Waals surface area contributed by atoms with Crippen molar-refractivity contribution in [3.05, 3.63) is 52.5 Å². The molecule has 0 aliphatic rings. The van der Waals surface area contributed by atoms with E-state index in [9.17, 15) is 14.7 Å². The zero-order valence-corrected chi connectivity index (χ0v) is 19.1. The molecule has 0 saturated heterocycles. The van der Waals surface area contributed by atoms with Gasteiger partial charge in [-0.15, -0.1) is 0 Å². The molecule has 0 saturated carbocycles. The number of anilines is 1. The van der Waals surface area contributed by atoms with E-state index in [1.54, 1.807) is 36.4 Å². The minimum absolute atomic E-state index is 0.00371. The number of carbonyl (C=O) groups is 2. The molecule has 162 valence electrons. The molecule has 0 aromatic heterocycles. The lowest BCUT2D eigenvalue weighted by molar-refractivity contribution is -0.141. The molecule has 30 heavy (non-hydrogen) atoms. The number of hydrogen-bond donors (Lipinski definition) is 3. The number of hydrogen-bond acceptors (Lipinski definition) is 7. The van der Waals surface area contributed by atoms with Gasteiger partial charge in [0.05, 0.1) is 19.5 Å². The first kappa shape index (κ1) is 23.9. The van der Waals surface area contributed by atoms with Crippen molar-refractivity contribution in [3.63, 3.8) is 0 Å². The Labute approximate surface area is 189 Å². The summed E-state index contributed by atoms with van der Waals surface area (Å²) in [6, 6.07) is 11.9. The molecule has 0 unspecified atom stereocenters. The molecule has 0 radical (unpaired) electrons. The Balaban J connectivity index is 2.14. The molecule has 0 aliphatic carbocycles. The lowest BCUT2D eigenvalue weighted by atomic mass is 9.94. The molecule has 2 rings (SSSR count). The fourth-order valence-electron chi connectivity index (χ4n) is 2.75. The predicted molar refractivity (Wildman–Crippen MR) is 120 cm³/mol. The minimum atomic E-state index is -0.688. The molecule has 2 aromatic rings. The fraction of sp³-hybridized carbons (Fsp3) is 0.333. The van der Waals surface area contributed by atoms with Crippen LogP contribution >= 0.6 is 28.6 Å². The molecule has 0 bridgehead atoms. The molecule has 1 amide bonds. The molecule has 7 nitrogen and oxygen atoms in total. The van der Waals surface area contributed by atoms with Crippen LogP contribution in [0.2, 0.25) is 0 Å². The molecule has 2 N–H and O–H groups in total. The first-order chi connectivity index (χ1) is 14.3. The van der Waals surface area contributed by atoms with Gasteiger partial charge in [0.15, 0.2) is 11.5 Å². The van der Waals surface area contributed by atoms with Gasteiger partial charge < -0.3 is 19.3 Å². The molecule has 0 spiro atoms. The van der Waals surface area contributed by atoms with E-state index in [1.165, 1.54) is 13.2 Å². The van der Waals surface area contributed by atoms with Crippen LogP contribution in [0.5, 0.6) is 11.5 Å². The van der Waals surface area contributed by atoms with Crippen LogP contribution in [0.4, 0.5) is 10.5 Å². The number of phenols is 1. The molecule has 9 heteroatoms. The van der Waals surface area contributed by atoms with Gasteiger partial charge in [-0.2, -0.15) is 12.6 Å². The van der Waals surface area contributed by atoms with Crippen molar-refractivity contribution in [1.29, 1.82) is 0 Å². The number of ether oxygens (including phenoxy) is 3. The Morgan fingerprint density at radius 2 is 1.90 bits per heavy atom. The first-order valence-corrected chi connectivity index (χ1v) is 10.6. The maximum Gasteiger partial charge on any atom is 0.412 e. The topological polar surface area (TPSA) is 94.1 Å². The number of esters is 1. The van der Waals surface area contributed by atoms with Crippen LogP contribution in [-0.4, -0.2) is 36.6 Å². The Kier molecular flexibility index (Phi) is 9.32. The summed E-state index contributed by atoms with van der Waals surface area (Å²) in [5, 5.41) is 12.8. The number of nitrogens with one attached hydrogen (secondary N) is 1. The van der Waals surface area contributed by atoms with E-state index in [0.29, 0.717) is 23.4 Å². The zero-order chi connectivity index (χ0) is 22.1. The number of amides is 1. The van der Waals surface area contributed by atoms with E-state index >= 15 is 0 Å². The van der Waals surface area contributed by atoms with Crippen molar-refractivity contribution in [2.45, 2.75) is 19.4 Å². The van der Waals surface area contributed by atoms with Crippen molar-refractivity contribution >= 4 is 46.3 Å². The highest BCUT2D eigenvalue weighted by atomic mass is 79.9. The van der Waals surface area contributed by atoms with Gasteiger partial charge in [0.1, 0.15) is 6.10 Å². The van der Waals surface area contributed by atoms with Crippen molar-refractivity contribution in [1.82, 2.24) is 0 Å². The summed E-state index contributed by atoms with van der Waals surface area (Å²) >= 11 is 7.21. The summed E-state index contributed by atoms with van der Waals surface area (Å²) < 4.78 is 16.7. The van der Waals surface area contributed by atoms with E-state index < -0.39 is 18.2 Å². The lowest BCUT2D eigenvalue weighted by Crippen LogP contribution is -2.23. The maximum absolute atomic E-state index is 12.5.